The number of aromatic nitrogens is 1. The molecule has 1 N–H and O–H groups in total. The van der Waals surface area contributed by atoms with Crippen LogP contribution in [0.15, 0.2) is 16.6 Å². The van der Waals surface area contributed by atoms with Crippen molar-refractivity contribution >= 4 is 21.7 Å². The second-order valence-corrected chi connectivity index (χ2v) is 5.01. The summed E-state index contributed by atoms with van der Waals surface area (Å²) < 4.78 is 6.51. The van der Waals surface area contributed by atoms with Gasteiger partial charge in [-0.1, -0.05) is 13.8 Å². The highest BCUT2D eigenvalue weighted by Gasteiger charge is 1.98. The van der Waals surface area contributed by atoms with Gasteiger partial charge in [-0.05, 0) is 40.9 Å². The predicted octanol–water partition coefficient (Wildman–Crippen LogP) is 3.24. The normalized spacial score (nSPS) is 10.8. The fraction of sp³-hybridized carbons (Fsp3) is 0.583. The predicted molar refractivity (Wildman–Crippen MR) is 70.8 cm³/mol. The highest BCUT2D eigenvalue weighted by molar-refractivity contribution is 9.10. The van der Waals surface area contributed by atoms with Crippen molar-refractivity contribution in [2.45, 2.75) is 20.8 Å². The molecule has 1 rings (SSSR count). The number of aryl methyl sites for hydroxylation is 1. The number of rotatable bonds is 6. The minimum Gasteiger partial charge on any atom is -0.379 e. The Morgan fingerprint density at radius 3 is 2.81 bits per heavy atom. The van der Waals surface area contributed by atoms with Gasteiger partial charge in [-0.2, -0.15) is 0 Å². The molecule has 0 bridgehead atoms. The van der Waals surface area contributed by atoms with Crippen LogP contribution < -0.4 is 5.32 Å². The Hall–Kier alpha value is -0.610. The fourth-order valence-electron chi connectivity index (χ4n) is 1.21. The van der Waals surface area contributed by atoms with E-state index < -0.39 is 0 Å². The molecule has 0 radical (unpaired) electrons. The number of anilines is 1. The zero-order valence-corrected chi connectivity index (χ0v) is 11.7. The summed E-state index contributed by atoms with van der Waals surface area (Å²) in [6, 6.07) is 3.96. The molecule has 0 amide bonds. The van der Waals surface area contributed by atoms with Crippen LogP contribution in [0.1, 0.15) is 19.5 Å². The molecule has 3 nitrogen and oxygen atoms in total. The Bertz CT molecular complexity index is 329. The number of pyridine rings is 1. The molecule has 0 saturated carbocycles. The molecule has 1 aromatic heterocycles. The van der Waals surface area contributed by atoms with Crippen LogP contribution in [-0.4, -0.2) is 24.7 Å². The monoisotopic (exact) mass is 286 g/mol. The van der Waals surface area contributed by atoms with Crippen LogP contribution in [0.2, 0.25) is 0 Å². The maximum absolute atomic E-state index is 5.47. The quantitative estimate of drug-likeness (QED) is 0.816. The van der Waals surface area contributed by atoms with Crippen LogP contribution in [0, 0.1) is 12.8 Å². The first-order valence-corrected chi connectivity index (χ1v) is 6.33. The topological polar surface area (TPSA) is 34.2 Å². The molecule has 0 unspecified atom stereocenters. The lowest BCUT2D eigenvalue weighted by molar-refractivity contribution is 0.118. The van der Waals surface area contributed by atoms with Crippen LogP contribution in [0.5, 0.6) is 0 Å². The van der Waals surface area contributed by atoms with Crippen molar-refractivity contribution in [2.75, 3.05) is 25.1 Å². The third-order valence-electron chi connectivity index (χ3n) is 2.03. The van der Waals surface area contributed by atoms with Gasteiger partial charge >= 0.3 is 0 Å². The molecule has 0 atom stereocenters. The Morgan fingerprint density at radius 1 is 1.44 bits per heavy atom. The summed E-state index contributed by atoms with van der Waals surface area (Å²) in [5.41, 5.74) is 0.994. The fourth-order valence-corrected chi connectivity index (χ4v) is 1.43. The lowest BCUT2D eigenvalue weighted by Crippen LogP contribution is -2.12. The molecule has 0 fully saturated rings. The summed E-state index contributed by atoms with van der Waals surface area (Å²) >= 11 is 3.42. The van der Waals surface area contributed by atoms with E-state index in [0.717, 1.165) is 35.7 Å². The van der Waals surface area contributed by atoms with Crippen molar-refractivity contribution in [3.63, 3.8) is 0 Å². The molecular weight excluding hydrogens is 268 g/mol. The Morgan fingerprint density at radius 2 is 2.19 bits per heavy atom. The molecule has 0 aliphatic rings. The van der Waals surface area contributed by atoms with Gasteiger partial charge in [0.2, 0.25) is 0 Å². The highest BCUT2D eigenvalue weighted by Crippen LogP contribution is 2.15. The van der Waals surface area contributed by atoms with Gasteiger partial charge < -0.3 is 10.1 Å². The number of nitrogens with one attached hydrogen (secondary N) is 1. The SMILES string of the molecule is Cc1nc(NCCOCC(C)C)ccc1Br. The second-order valence-electron chi connectivity index (χ2n) is 4.16. The van der Waals surface area contributed by atoms with Crippen molar-refractivity contribution in [3.8, 4) is 0 Å². The Balaban J connectivity index is 2.24. The summed E-state index contributed by atoms with van der Waals surface area (Å²) in [5.74, 6) is 1.49. The van der Waals surface area contributed by atoms with Gasteiger partial charge in [-0.3, -0.25) is 0 Å². The molecule has 0 aromatic carbocycles. The van der Waals surface area contributed by atoms with Crippen LogP contribution in [0.25, 0.3) is 0 Å². The smallest absolute Gasteiger partial charge is 0.126 e. The number of hydrogen-bond acceptors (Lipinski definition) is 3. The van der Waals surface area contributed by atoms with Crippen molar-refractivity contribution in [1.82, 2.24) is 4.98 Å². The summed E-state index contributed by atoms with van der Waals surface area (Å²) in [7, 11) is 0. The number of ether oxygens (including phenoxy) is 1. The Kier molecular flexibility index (Phi) is 5.77. The van der Waals surface area contributed by atoms with E-state index in [1.807, 2.05) is 19.1 Å². The van der Waals surface area contributed by atoms with Gasteiger partial charge in [0.15, 0.2) is 0 Å². The summed E-state index contributed by atoms with van der Waals surface area (Å²) in [5, 5.41) is 3.23. The molecule has 0 saturated heterocycles. The molecular formula is C12H19BrN2O. The Labute approximate surface area is 106 Å². The maximum atomic E-state index is 5.47. The molecule has 0 spiro atoms. The zero-order chi connectivity index (χ0) is 12.0. The molecule has 1 heterocycles. The average Bonchev–Trinajstić information content (AvgIpc) is 2.22. The van der Waals surface area contributed by atoms with Crippen molar-refractivity contribution < 1.29 is 4.74 Å². The van der Waals surface area contributed by atoms with E-state index in [1.165, 1.54) is 0 Å². The van der Waals surface area contributed by atoms with Crippen molar-refractivity contribution in [3.05, 3.63) is 22.3 Å². The molecule has 0 aliphatic carbocycles. The minimum atomic E-state index is 0.591. The summed E-state index contributed by atoms with van der Waals surface area (Å²) in [4.78, 5) is 4.39. The van der Waals surface area contributed by atoms with Gasteiger partial charge in [-0.25, -0.2) is 4.98 Å². The standard InChI is InChI=1S/C12H19BrN2O/c1-9(2)8-16-7-6-14-12-5-4-11(13)10(3)15-12/h4-5,9H,6-8H2,1-3H3,(H,14,15). The minimum absolute atomic E-state index is 0.591. The van der Waals surface area contributed by atoms with Gasteiger partial charge in [0.05, 0.1) is 12.3 Å². The number of halogens is 1. The van der Waals surface area contributed by atoms with Gasteiger partial charge in [0, 0.05) is 17.6 Å². The number of hydrogen-bond donors (Lipinski definition) is 1. The van der Waals surface area contributed by atoms with Crippen LogP contribution in [0.4, 0.5) is 5.82 Å². The van der Waals surface area contributed by atoms with E-state index in [4.69, 9.17) is 4.74 Å². The van der Waals surface area contributed by atoms with Crippen molar-refractivity contribution in [2.24, 2.45) is 5.92 Å². The largest absolute Gasteiger partial charge is 0.379 e. The van der Waals surface area contributed by atoms with Gasteiger partial charge in [-0.15, -0.1) is 0 Å². The molecule has 16 heavy (non-hydrogen) atoms. The molecule has 0 aliphatic heterocycles. The third-order valence-corrected chi connectivity index (χ3v) is 2.86. The van der Waals surface area contributed by atoms with E-state index >= 15 is 0 Å². The molecule has 1 aromatic rings. The van der Waals surface area contributed by atoms with Crippen LogP contribution in [-0.2, 0) is 4.74 Å². The highest BCUT2D eigenvalue weighted by atomic mass is 79.9. The lowest BCUT2D eigenvalue weighted by atomic mass is 10.2. The first kappa shape index (κ1) is 13.5. The average molecular weight is 287 g/mol. The maximum Gasteiger partial charge on any atom is 0.126 e. The van der Waals surface area contributed by atoms with Crippen molar-refractivity contribution in [1.29, 1.82) is 0 Å². The van der Waals surface area contributed by atoms with E-state index in [0.29, 0.717) is 5.92 Å². The van der Waals surface area contributed by atoms with E-state index in [9.17, 15) is 0 Å². The summed E-state index contributed by atoms with van der Waals surface area (Å²) in [6.07, 6.45) is 0. The molecule has 4 heteroatoms. The van der Waals surface area contributed by atoms with Gasteiger partial charge in [0.25, 0.3) is 0 Å². The first-order chi connectivity index (χ1) is 7.59. The lowest BCUT2D eigenvalue weighted by Gasteiger charge is -2.09. The summed E-state index contributed by atoms with van der Waals surface area (Å²) in [6.45, 7) is 8.59. The van der Waals surface area contributed by atoms with E-state index in [2.05, 4.69) is 40.1 Å². The van der Waals surface area contributed by atoms with E-state index in [1.54, 1.807) is 0 Å². The zero-order valence-electron chi connectivity index (χ0n) is 10.1. The van der Waals surface area contributed by atoms with E-state index in [-0.39, 0.29) is 0 Å². The van der Waals surface area contributed by atoms with Crippen LogP contribution in [0.3, 0.4) is 0 Å². The van der Waals surface area contributed by atoms with Gasteiger partial charge in [0.1, 0.15) is 5.82 Å². The van der Waals surface area contributed by atoms with Crippen LogP contribution >= 0.6 is 15.9 Å². The molecule has 90 valence electrons. The second kappa shape index (κ2) is 6.86. The number of nitrogens with zero attached hydrogens (tertiary/aromatic N) is 1. The third kappa shape index (κ3) is 4.94. The first-order valence-electron chi connectivity index (χ1n) is 5.54.